The van der Waals surface area contributed by atoms with E-state index in [0.29, 0.717) is 6.54 Å². The van der Waals surface area contributed by atoms with Gasteiger partial charge in [0, 0.05) is 44.5 Å². The van der Waals surface area contributed by atoms with E-state index in [1.54, 1.807) is 14.2 Å². The summed E-state index contributed by atoms with van der Waals surface area (Å²) in [5.74, 6) is 3.48. The van der Waals surface area contributed by atoms with Crippen molar-refractivity contribution in [2.45, 2.75) is 26.4 Å². The molecule has 0 atom stereocenters. The number of methoxy groups -OCH3 is 2. The van der Waals surface area contributed by atoms with Gasteiger partial charge >= 0.3 is 0 Å². The van der Waals surface area contributed by atoms with Crippen LogP contribution in [0, 0.1) is 0 Å². The number of hydrogen-bond donors (Lipinski definition) is 1. The second kappa shape index (κ2) is 10.5. The van der Waals surface area contributed by atoms with Gasteiger partial charge in [-0.05, 0) is 42.7 Å². The Morgan fingerprint density at radius 2 is 1.88 bits per heavy atom. The molecule has 1 saturated heterocycles. The van der Waals surface area contributed by atoms with E-state index >= 15 is 0 Å². The summed E-state index contributed by atoms with van der Waals surface area (Å²) in [5.41, 5.74) is 3.68. The minimum absolute atomic E-state index is 0.582. The molecular weight excluding hydrogens is 406 g/mol. The van der Waals surface area contributed by atoms with Gasteiger partial charge in [-0.15, -0.1) is 0 Å². The number of morpholine rings is 1. The second-order valence-electron chi connectivity index (χ2n) is 7.90. The summed E-state index contributed by atoms with van der Waals surface area (Å²) in [5, 5.41) is 3.47. The van der Waals surface area contributed by atoms with Crippen LogP contribution in [0.5, 0.6) is 11.5 Å². The van der Waals surface area contributed by atoms with E-state index in [1.165, 1.54) is 11.1 Å². The first kappa shape index (κ1) is 22.2. The molecule has 4 rings (SSSR count). The number of ether oxygens (including phenoxy) is 3. The molecule has 1 aromatic carbocycles. The molecule has 2 aliphatic rings. The fraction of sp³-hybridized carbons (Fsp3) is 0.500. The molecule has 2 aliphatic heterocycles. The molecule has 0 saturated carbocycles. The molecule has 3 heterocycles. The van der Waals surface area contributed by atoms with Crippen molar-refractivity contribution in [3.63, 3.8) is 0 Å². The average Bonchev–Trinajstić information content (AvgIpc) is 2.86. The van der Waals surface area contributed by atoms with Crippen LogP contribution in [0.1, 0.15) is 23.6 Å². The molecule has 0 spiro atoms. The maximum absolute atomic E-state index is 5.51. The van der Waals surface area contributed by atoms with E-state index in [0.717, 1.165) is 81.2 Å². The van der Waals surface area contributed by atoms with Gasteiger partial charge in [-0.2, -0.15) is 0 Å². The van der Waals surface area contributed by atoms with Gasteiger partial charge in [-0.3, -0.25) is 0 Å². The average molecular weight is 440 g/mol. The number of fused-ring (bicyclic) bond motifs is 1. The lowest BCUT2D eigenvalue weighted by atomic mass is 9.99. The molecule has 8 nitrogen and oxygen atoms in total. The Morgan fingerprint density at radius 3 is 2.59 bits per heavy atom. The van der Waals surface area contributed by atoms with Crippen molar-refractivity contribution in [3.8, 4) is 11.5 Å². The van der Waals surface area contributed by atoms with Crippen molar-refractivity contribution >= 4 is 11.8 Å². The van der Waals surface area contributed by atoms with Gasteiger partial charge in [0.15, 0.2) is 17.5 Å². The maximum Gasteiger partial charge on any atom is 0.194 e. The number of rotatable bonds is 6. The number of nitrogens with zero attached hydrogens (tertiary/aromatic N) is 4. The number of pyridine rings is 1. The monoisotopic (exact) mass is 439 g/mol. The van der Waals surface area contributed by atoms with E-state index in [1.807, 2.05) is 12.3 Å². The summed E-state index contributed by atoms with van der Waals surface area (Å²) in [6.07, 6.45) is 2.79. The highest BCUT2D eigenvalue weighted by atomic mass is 16.5. The highest BCUT2D eigenvalue weighted by Crippen LogP contribution is 2.33. The molecule has 32 heavy (non-hydrogen) atoms. The van der Waals surface area contributed by atoms with Crippen LogP contribution in [0.3, 0.4) is 0 Å². The molecule has 0 bridgehead atoms. The Bertz CT molecular complexity index is 943. The van der Waals surface area contributed by atoms with Gasteiger partial charge in [0.1, 0.15) is 5.82 Å². The Kier molecular flexibility index (Phi) is 7.32. The first-order chi connectivity index (χ1) is 15.7. The number of hydrogen-bond acceptors (Lipinski definition) is 6. The van der Waals surface area contributed by atoms with E-state index in [2.05, 4.69) is 45.2 Å². The normalized spacial score (nSPS) is 16.5. The summed E-state index contributed by atoms with van der Waals surface area (Å²) >= 11 is 0. The zero-order valence-corrected chi connectivity index (χ0v) is 19.3. The van der Waals surface area contributed by atoms with Gasteiger partial charge in [-0.25, -0.2) is 9.98 Å². The molecule has 0 aliphatic carbocycles. The van der Waals surface area contributed by atoms with Crippen LogP contribution >= 0.6 is 0 Å². The first-order valence-corrected chi connectivity index (χ1v) is 11.3. The van der Waals surface area contributed by atoms with Gasteiger partial charge in [-0.1, -0.05) is 6.07 Å². The van der Waals surface area contributed by atoms with Crippen LogP contribution in [0.25, 0.3) is 0 Å². The molecule has 1 aromatic heterocycles. The standard InChI is InChI=1S/C24H33N5O3/c1-4-25-24(27-16-19-6-5-8-26-23(19)28-10-12-32-13-11-28)29-9-7-18-14-21(30-2)22(31-3)15-20(18)17-29/h5-6,8,14-15H,4,7,9-13,16-17H2,1-3H3,(H,25,27). The van der Waals surface area contributed by atoms with E-state index in [9.17, 15) is 0 Å². The molecule has 172 valence electrons. The van der Waals surface area contributed by atoms with E-state index in [4.69, 9.17) is 19.2 Å². The number of aromatic nitrogens is 1. The van der Waals surface area contributed by atoms with Gasteiger partial charge in [0.2, 0.25) is 0 Å². The zero-order valence-electron chi connectivity index (χ0n) is 19.3. The predicted octanol–water partition coefficient (Wildman–Crippen LogP) is 2.46. The fourth-order valence-corrected chi connectivity index (χ4v) is 4.26. The Morgan fingerprint density at radius 1 is 1.12 bits per heavy atom. The number of nitrogens with one attached hydrogen (secondary N) is 1. The Balaban J connectivity index is 1.54. The smallest absolute Gasteiger partial charge is 0.194 e. The van der Waals surface area contributed by atoms with Crippen LogP contribution in [0.4, 0.5) is 5.82 Å². The van der Waals surface area contributed by atoms with Crippen molar-refractivity contribution in [2.75, 3.05) is 58.5 Å². The lowest BCUT2D eigenvalue weighted by Gasteiger charge is -2.32. The van der Waals surface area contributed by atoms with Crippen molar-refractivity contribution in [2.24, 2.45) is 4.99 Å². The molecule has 0 amide bonds. The third-order valence-corrected chi connectivity index (χ3v) is 5.93. The number of guanidine groups is 1. The molecular formula is C24H33N5O3. The molecule has 8 heteroatoms. The van der Waals surface area contributed by atoms with Crippen molar-refractivity contribution in [1.82, 2.24) is 15.2 Å². The van der Waals surface area contributed by atoms with Gasteiger partial charge in [0.05, 0.1) is 34.0 Å². The number of aliphatic imine (C=N–C) groups is 1. The molecule has 0 unspecified atom stereocenters. The number of anilines is 1. The zero-order chi connectivity index (χ0) is 22.3. The van der Waals surface area contributed by atoms with Crippen molar-refractivity contribution in [3.05, 3.63) is 47.2 Å². The predicted molar refractivity (Wildman–Crippen MR) is 126 cm³/mol. The lowest BCUT2D eigenvalue weighted by Crippen LogP contribution is -2.44. The van der Waals surface area contributed by atoms with E-state index in [-0.39, 0.29) is 0 Å². The van der Waals surface area contributed by atoms with Crippen LogP contribution in [0.2, 0.25) is 0 Å². The molecule has 1 fully saturated rings. The van der Waals surface area contributed by atoms with Gasteiger partial charge in [0.25, 0.3) is 0 Å². The maximum atomic E-state index is 5.51. The van der Waals surface area contributed by atoms with Crippen LogP contribution in [-0.2, 0) is 24.2 Å². The summed E-state index contributed by atoms with van der Waals surface area (Å²) in [6, 6.07) is 8.29. The molecule has 0 radical (unpaired) electrons. The van der Waals surface area contributed by atoms with Gasteiger partial charge < -0.3 is 29.3 Å². The Hall–Kier alpha value is -3.00. The minimum atomic E-state index is 0.582. The summed E-state index contributed by atoms with van der Waals surface area (Å²) < 4.78 is 16.5. The molecule has 2 aromatic rings. The third-order valence-electron chi connectivity index (χ3n) is 5.93. The van der Waals surface area contributed by atoms with Crippen LogP contribution in [-0.4, -0.2) is 69.5 Å². The molecule has 1 N–H and O–H groups in total. The Labute approximate surface area is 190 Å². The largest absolute Gasteiger partial charge is 0.493 e. The summed E-state index contributed by atoms with van der Waals surface area (Å²) in [7, 11) is 3.36. The third kappa shape index (κ3) is 4.91. The summed E-state index contributed by atoms with van der Waals surface area (Å²) in [4.78, 5) is 14.2. The van der Waals surface area contributed by atoms with Crippen LogP contribution in [0.15, 0.2) is 35.5 Å². The highest BCUT2D eigenvalue weighted by Gasteiger charge is 2.22. The highest BCUT2D eigenvalue weighted by molar-refractivity contribution is 5.80. The fourth-order valence-electron chi connectivity index (χ4n) is 4.26. The first-order valence-electron chi connectivity index (χ1n) is 11.3. The van der Waals surface area contributed by atoms with E-state index < -0.39 is 0 Å². The number of benzene rings is 1. The van der Waals surface area contributed by atoms with Crippen molar-refractivity contribution in [1.29, 1.82) is 0 Å². The quantitative estimate of drug-likeness (QED) is 0.548. The minimum Gasteiger partial charge on any atom is -0.493 e. The SMILES string of the molecule is CCNC(=NCc1cccnc1N1CCOCC1)N1CCc2cc(OC)c(OC)cc2C1. The van der Waals surface area contributed by atoms with Crippen LogP contribution < -0.4 is 19.7 Å². The van der Waals surface area contributed by atoms with Crippen molar-refractivity contribution < 1.29 is 14.2 Å². The topological polar surface area (TPSA) is 71.5 Å². The summed E-state index contributed by atoms with van der Waals surface area (Å²) in [6.45, 7) is 8.39. The second-order valence-corrected chi connectivity index (χ2v) is 7.90. The lowest BCUT2D eigenvalue weighted by molar-refractivity contribution is 0.122.